The molecular formula is C34H54N2O4. The van der Waals surface area contributed by atoms with Crippen molar-refractivity contribution >= 4 is 11.4 Å². The third kappa shape index (κ3) is 9.71. The number of phenolic OH excluding ortho intramolecular Hbond substituents is 2. The van der Waals surface area contributed by atoms with Gasteiger partial charge in [0, 0.05) is 37.3 Å². The number of phenols is 2. The minimum atomic E-state index is 0.220. The Kier molecular flexibility index (Phi) is 13.6. The van der Waals surface area contributed by atoms with E-state index < -0.39 is 0 Å². The molecule has 6 nitrogen and oxygen atoms in total. The van der Waals surface area contributed by atoms with Crippen LogP contribution in [0, 0.1) is 0 Å². The second-order valence-electron chi connectivity index (χ2n) is 11.5. The van der Waals surface area contributed by atoms with Gasteiger partial charge in [0.15, 0.2) is 0 Å². The van der Waals surface area contributed by atoms with Gasteiger partial charge in [0.1, 0.15) is 23.0 Å². The minimum Gasteiger partial charge on any atom is -0.508 e. The SMILES string of the molecule is CCCCCCCCOc1cc(O)ccc1N1CC(C)N(c2ccc(O)cc2OCCCCCCCC)CC1C. The number of aromatic hydroxyl groups is 2. The zero-order valence-electron chi connectivity index (χ0n) is 25.5. The molecule has 2 atom stereocenters. The maximum absolute atomic E-state index is 10.2. The first-order valence-electron chi connectivity index (χ1n) is 15.9. The van der Waals surface area contributed by atoms with Crippen LogP contribution >= 0.6 is 0 Å². The maximum Gasteiger partial charge on any atom is 0.146 e. The summed E-state index contributed by atoms with van der Waals surface area (Å²) in [7, 11) is 0. The van der Waals surface area contributed by atoms with Gasteiger partial charge in [0.05, 0.1) is 24.6 Å². The highest BCUT2D eigenvalue weighted by atomic mass is 16.5. The van der Waals surface area contributed by atoms with Crippen molar-refractivity contribution in [2.24, 2.45) is 0 Å². The number of benzene rings is 2. The van der Waals surface area contributed by atoms with Crippen molar-refractivity contribution < 1.29 is 19.7 Å². The van der Waals surface area contributed by atoms with E-state index in [9.17, 15) is 10.2 Å². The van der Waals surface area contributed by atoms with Gasteiger partial charge >= 0.3 is 0 Å². The van der Waals surface area contributed by atoms with Crippen LogP contribution in [0.1, 0.15) is 105 Å². The van der Waals surface area contributed by atoms with Crippen molar-refractivity contribution in [1.29, 1.82) is 0 Å². The smallest absolute Gasteiger partial charge is 0.146 e. The zero-order chi connectivity index (χ0) is 28.7. The van der Waals surface area contributed by atoms with E-state index in [-0.39, 0.29) is 23.6 Å². The predicted octanol–water partition coefficient (Wildman–Crippen LogP) is 8.68. The lowest BCUT2D eigenvalue weighted by Crippen LogP contribution is -2.57. The first kappa shape index (κ1) is 31.8. The number of nitrogens with zero attached hydrogens (tertiary/aromatic N) is 2. The van der Waals surface area contributed by atoms with Crippen LogP contribution in [0.4, 0.5) is 11.4 Å². The maximum atomic E-state index is 10.2. The van der Waals surface area contributed by atoms with E-state index in [2.05, 4.69) is 37.5 Å². The third-order valence-corrected chi connectivity index (χ3v) is 8.00. The normalized spacial score (nSPS) is 17.3. The van der Waals surface area contributed by atoms with Gasteiger partial charge in [-0.3, -0.25) is 0 Å². The fourth-order valence-corrected chi connectivity index (χ4v) is 5.64. The van der Waals surface area contributed by atoms with Crippen LogP contribution in [0.3, 0.4) is 0 Å². The molecule has 0 aromatic heterocycles. The lowest BCUT2D eigenvalue weighted by atomic mass is 10.0. The molecule has 2 unspecified atom stereocenters. The molecule has 0 amide bonds. The molecule has 0 spiro atoms. The zero-order valence-corrected chi connectivity index (χ0v) is 25.5. The van der Waals surface area contributed by atoms with E-state index in [4.69, 9.17) is 9.47 Å². The van der Waals surface area contributed by atoms with Gasteiger partial charge in [-0.25, -0.2) is 0 Å². The van der Waals surface area contributed by atoms with Crippen molar-refractivity contribution in [3.63, 3.8) is 0 Å². The van der Waals surface area contributed by atoms with E-state index >= 15 is 0 Å². The second kappa shape index (κ2) is 17.1. The lowest BCUT2D eigenvalue weighted by Gasteiger charge is -2.47. The van der Waals surface area contributed by atoms with E-state index in [1.54, 1.807) is 24.3 Å². The monoisotopic (exact) mass is 554 g/mol. The molecular weight excluding hydrogens is 500 g/mol. The van der Waals surface area contributed by atoms with Gasteiger partial charge in [0.25, 0.3) is 0 Å². The Morgan fingerprint density at radius 1 is 0.600 bits per heavy atom. The first-order valence-corrected chi connectivity index (χ1v) is 15.9. The Balaban J connectivity index is 1.63. The summed E-state index contributed by atoms with van der Waals surface area (Å²) < 4.78 is 12.5. The highest BCUT2D eigenvalue weighted by Gasteiger charge is 2.32. The number of unbranched alkanes of at least 4 members (excludes halogenated alkanes) is 10. The molecule has 2 aromatic rings. The average Bonchev–Trinajstić information content (AvgIpc) is 2.94. The molecule has 2 N–H and O–H groups in total. The average molecular weight is 555 g/mol. The van der Waals surface area contributed by atoms with Gasteiger partial charge < -0.3 is 29.5 Å². The molecule has 0 radical (unpaired) electrons. The van der Waals surface area contributed by atoms with Crippen LogP contribution in [0.15, 0.2) is 36.4 Å². The third-order valence-electron chi connectivity index (χ3n) is 8.00. The van der Waals surface area contributed by atoms with E-state index in [1.807, 2.05) is 12.1 Å². The number of rotatable bonds is 18. The molecule has 6 heteroatoms. The van der Waals surface area contributed by atoms with Crippen LogP contribution in [-0.2, 0) is 0 Å². The van der Waals surface area contributed by atoms with Crippen LogP contribution in [0.25, 0.3) is 0 Å². The highest BCUT2D eigenvalue weighted by Crippen LogP contribution is 2.39. The van der Waals surface area contributed by atoms with Crippen LogP contribution in [-0.4, -0.2) is 48.6 Å². The van der Waals surface area contributed by atoms with E-state index in [0.29, 0.717) is 13.2 Å². The molecule has 0 saturated carbocycles. The Morgan fingerprint density at radius 2 is 0.975 bits per heavy atom. The van der Waals surface area contributed by atoms with E-state index in [0.717, 1.165) is 48.8 Å². The summed E-state index contributed by atoms with van der Waals surface area (Å²) in [4.78, 5) is 4.79. The summed E-state index contributed by atoms with van der Waals surface area (Å²) in [6.45, 7) is 11.9. The van der Waals surface area contributed by atoms with Gasteiger partial charge in [-0.05, 0) is 51.0 Å². The van der Waals surface area contributed by atoms with Gasteiger partial charge in [0.2, 0.25) is 0 Å². The Bertz CT molecular complexity index is 918. The number of hydrogen-bond acceptors (Lipinski definition) is 6. The molecule has 1 aliphatic heterocycles. The quantitative estimate of drug-likeness (QED) is 0.180. The summed E-state index contributed by atoms with van der Waals surface area (Å²) in [5.74, 6) is 1.98. The summed E-state index contributed by atoms with van der Waals surface area (Å²) in [6.07, 6.45) is 14.6. The van der Waals surface area contributed by atoms with Crippen LogP contribution < -0.4 is 19.3 Å². The first-order chi connectivity index (χ1) is 19.4. The van der Waals surface area contributed by atoms with Crippen LogP contribution in [0.5, 0.6) is 23.0 Å². The van der Waals surface area contributed by atoms with Gasteiger partial charge in [-0.1, -0.05) is 78.1 Å². The van der Waals surface area contributed by atoms with Crippen molar-refractivity contribution in [2.75, 3.05) is 36.1 Å². The Morgan fingerprint density at radius 3 is 1.38 bits per heavy atom. The molecule has 2 aromatic carbocycles. The van der Waals surface area contributed by atoms with E-state index in [1.165, 1.54) is 64.2 Å². The largest absolute Gasteiger partial charge is 0.508 e. The number of ether oxygens (including phenoxy) is 2. The standard InChI is InChI=1S/C34H54N2O4/c1-5-7-9-11-13-15-21-39-33-23-29(37)17-19-31(33)35-25-28(4)36(26-27(35)3)32-20-18-30(38)24-34(32)40-22-16-14-12-10-8-6-2/h17-20,23-24,27-28,37-38H,5-16,21-22,25-26H2,1-4H3. The molecule has 1 fully saturated rings. The van der Waals surface area contributed by atoms with Crippen molar-refractivity contribution in [1.82, 2.24) is 0 Å². The topological polar surface area (TPSA) is 65.4 Å². The summed E-state index contributed by atoms with van der Waals surface area (Å²) in [5, 5.41) is 20.4. The molecule has 0 bridgehead atoms. The fraction of sp³-hybridized carbons (Fsp3) is 0.647. The number of anilines is 2. The Hall–Kier alpha value is -2.76. The lowest BCUT2D eigenvalue weighted by molar-refractivity contribution is 0.299. The molecule has 224 valence electrons. The summed E-state index contributed by atoms with van der Waals surface area (Å²) in [6, 6.07) is 11.4. The minimum absolute atomic E-state index is 0.220. The van der Waals surface area contributed by atoms with Crippen LogP contribution in [0.2, 0.25) is 0 Å². The van der Waals surface area contributed by atoms with Gasteiger partial charge in [-0.2, -0.15) is 0 Å². The molecule has 1 heterocycles. The second-order valence-corrected chi connectivity index (χ2v) is 11.5. The Labute approximate surface area is 243 Å². The van der Waals surface area contributed by atoms with Gasteiger partial charge in [-0.15, -0.1) is 0 Å². The molecule has 3 rings (SSSR count). The van der Waals surface area contributed by atoms with Crippen molar-refractivity contribution in [2.45, 2.75) is 117 Å². The molecule has 40 heavy (non-hydrogen) atoms. The fourth-order valence-electron chi connectivity index (χ4n) is 5.64. The highest BCUT2D eigenvalue weighted by molar-refractivity contribution is 5.66. The predicted molar refractivity (Wildman–Crippen MR) is 168 cm³/mol. The summed E-state index contributed by atoms with van der Waals surface area (Å²) in [5.41, 5.74) is 2.07. The molecule has 0 aliphatic carbocycles. The number of piperazine rings is 1. The molecule has 1 saturated heterocycles. The molecule has 1 aliphatic rings. The summed E-state index contributed by atoms with van der Waals surface area (Å²) >= 11 is 0. The van der Waals surface area contributed by atoms with Crippen molar-refractivity contribution in [3.8, 4) is 23.0 Å². The van der Waals surface area contributed by atoms with Crippen molar-refractivity contribution in [3.05, 3.63) is 36.4 Å². The number of hydrogen-bond donors (Lipinski definition) is 2.